The van der Waals surface area contributed by atoms with E-state index >= 15 is 0 Å². The molecule has 0 atom stereocenters. The highest BCUT2D eigenvalue weighted by molar-refractivity contribution is 5.77. The lowest BCUT2D eigenvalue weighted by molar-refractivity contribution is 0.590. The standard InChI is InChI=1S/C8H4F2N2/c9-6-1-5-3-11-4-12-8(5)7(10)2-6/h1-4H. The van der Waals surface area contributed by atoms with E-state index in [0.717, 1.165) is 6.07 Å². The minimum atomic E-state index is -0.660. The number of hydrogen-bond acceptors (Lipinski definition) is 2. The van der Waals surface area contributed by atoms with Crippen LogP contribution in [-0.2, 0) is 0 Å². The lowest BCUT2D eigenvalue weighted by Crippen LogP contribution is -1.87. The van der Waals surface area contributed by atoms with Gasteiger partial charge in [0.05, 0.1) is 0 Å². The first-order valence-corrected chi connectivity index (χ1v) is 3.32. The molecule has 0 saturated carbocycles. The van der Waals surface area contributed by atoms with Crippen LogP contribution in [0.4, 0.5) is 8.78 Å². The molecule has 0 N–H and O–H groups in total. The molecule has 0 aliphatic heterocycles. The molecule has 0 unspecified atom stereocenters. The Morgan fingerprint density at radius 1 is 1.17 bits per heavy atom. The third-order valence-corrected chi connectivity index (χ3v) is 1.52. The fourth-order valence-electron chi connectivity index (χ4n) is 1.03. The van der Waals surface area contributed by atoms with Crippen molar-refractivity contribution in [2.45, 2.75) is 0 Å². The van der Waals surface area contributed by atoms with Gasteiger partial charge in [0.1, 0.15) is 17.7 Å². The molecule has 0 aliphatic rings. The number of rotatable bonds is 0. The molecule has 0 spiro atoms. The van der Waals surface area contributed by atoms with Gasteiger partial charge in [-0.2, -0.15) is 0 Å². The fraction of sp³-hybridized carbons (Fsp3) is 0. The number of benzene rings is 1. The van der Waals surface area contributed by atoms with Crippen molar-refractivity contribution >= 4 is 10.9 Å². The summed E-state index contributed by atoms with van der Waals surface area (Å²) in [4.78, 5) is 7.32. The zero-order valence-electron chi connectivity index (χ0n) is 5.96. The van der Waals surface area contributed by atoms with Crippen LogP contribution in [0, 0.1) is 11.6 Å². The van der Waals surface area contributed by atoms with Gasteiger partial charge in [-0.3, -0.25) is 0 Å². The molecular weight excluding hydrogens is 162 g/mol. The first-order valence-electron chi connectivity index (χ1n) is 3.32. The monoisotopic (exact) mass is 166 g/mol. The lowest BCUT2D eigenvalue weighted by atomic mass is 10.2. The molecular formula is C8H4F2N2. The van der Waals surface area contributed by atoms with E-state index in [0.29, 0.717) is 5.39 Å². The van der Waals surface area contributed by atoms with Gasteiger partial charge >= 0.3 is 0 Å². The molecule has 0 fully saturated rings. The number of halogens is 2. The van der Waals surface area contributed by atoms with Gasteiger partial charge in [0.2, 0.25) is 0 Å². The molecule has 2 nitrogen and oxygen atoms in total. The second kappa shape index (κ2) is 2.48. The van der Waals surface area contributed by atoms with Gasteiger partial charge in [-0.05, 0) is 6.07 Å². The summed E-state index contributed by atoms with van der Waals surface area (Å²) in [6, 6.07) is 1.99. The average molecular weight is 166 g/mol. The number of nitrogens with zero attached hydrogens (tertiary/aromatic N) is 2. The van der Waals surface area contributed by atoms with E-state index in [4.69, 9.17) is 0 Å². The van der Waals surface area contributed by atoms with Crippen molar-refractivity contribution in [2.75, 3.05) is 0 Å². The summed E-state index contributed by atoms with van der Waals surface area (Å²) in [6.45, 7) is 0. The van der Waals surface area contributed by atoms with Crippen molar-refractivity contribution in [3.63, 3.8) is 0 Å². The van der Waals surface area contributed by atoms with E-state index in [9.17, 15) is 8.78 Å². The van der Waals surface area contributed by atoms with Gasteiger partial charge in [-0.15, -0.1) is 0 Å². The summed E-state index contributed by atoms with van der Waals surface area (Å²) in [6.07, 6.45) is 2.60. The average Bonchev–Trinajstić information content (AvgIpc) is 2.04. The highest BCUT2D eigenvalue weighted by Crippen LogP contribution is 2.15. The van der Waals surface area contributed by atoms with Crippen molar-refractivity contribution in [3.05, 3.63) is 36.3 Å². The van der Waals surface area contributed by atoms with Gasteiger partial charge in [-0.25, -0.2) is 18.7 Å². The Balaban J connectivity index is 2.89. The van der Waals surface area contributed by atoms with Crippen molar-refractivity contribution in [3.8, 4) is 0 Å². The molecule has 4 heteroatoms. The minimum absolute atomic E-state index is 0.145. The first kappa shape index (κ1) is 7.09. The maximum atomic E-state index is 12.9. The van der Waals surface area contributed by atoms with E-state index in [1.54, 1.807) is 0 Å². The summed E-state index contributed by atoms with van der Waals surface area (Å²) in [7, 11) is 0. The highest BCUT2D eigenvalue weighted by atomic mass is 19.1. The molecule has 0 saturated heterocycles. The van der Waals surface area contributed by atoms with E-state index in [2.05, 4.69) is 9.97 Å². The molecule has 12 heavy (non-hydrogen) atoms. The molecule has 1 heterocycles. The smallest absolute Gasteiger partial charge is 0.152 e. The Morgan fingerprint density at radius 3 is 2.83 bits per heavy atom. The van der Waals surface area contributed by atoms with Crippen LogP contribution in [0.1, 0.15) is 0 Å². The van der Waals surface area contributed by atoms with Crippen molar-refractivity contribution < 1.29 is 8.78 Å². The molecule has 2 rings (SSSR count). The topological polar surface area (TPSA) is 25.8 Å². The summed E-state index contributed by atoms with van der Waals surface area (Å²) in [5.74, 6) is -1.28. The van der Waals surface area contributed by atoms with Gasteiger partial charge < -0.3 is 0 Å². The predicted molar refractivity (Wildman–Crippen MR) is 39.5 cm³/mol. The van der Waals surface area contributed by atoms with Crippen LogP contribution in [0.25, 0.3) is 10.9 Å². The Hall–Kier alpha value is -1.58. The van der Waals surface area contributed by atoms with Crippen molar-refractivity contribution in [1.29, 1.82) is 0 Å². The fourth-order valence-corrected chi connectivity index (χ4v) is 1.03. The molecule has 60 valence electrons. The zero-order valence-corrected chi connectivity index (χ0v) is 5.96. The lowest BCUT2D eigenvalue weighted by Gasteiger charge is -1.96. The number of fused-ring (bicyclic) bond motifs is 1. The third kappa shape index (κ3) is 1.01. The highest BCUT2D eigenvalue weighted by Gasteiger charge is 2.03. The van der Waals surface area contributed by atoms with Crippen LogP contribution in [0.5, 0.6) is 0 Å². The number of aromatic nitrogens is 2. The Labute approximate surface area is 66.9 Å². The Morgan fingerprint density at radius 2 is 2.00 bits per heavy atom. The predicted octanol–water partition coefficient (Wildman–Crippen LogP) is 1.91. The molecule has 0 aliphatic carbocycles. The van der Waals surface area contributed by atoms with Gasteiger partial charge in [0, 0.05) is 17.6 Å². The third-order valence-electron chi connectivity index (χ3n) is 1.52. The summed E-state index contributed by atoms with van der Waals surface area (Å²) < 4.78 is 25.5. The van der Waals surface area contributed by atoms with Crippen LogP contribution in [0.2, 0.25) is 0 Å². The number of hydrogen-bond donors (Lipinski definition) is 0. The maximum Gasteiger partial charge on any atom is 0.152 e. The van der Waals surface area contributed by atoms with Crippen LogP contribution in [0.15, 0.2) is 24.7 Å². The van der Waals surface area contributed by atoms with E-state index in [1.807, 2.05) is 0 Å². The summed E-state index contributed by atoms with van der Waals surface area (Å²) in [5.41, 5.74) is 0.145. The zero-order chi connectivity index (χ0) is 8.55. The van der Waals surface area contributed by atoms with Gasteiger partial charge in [-0.1, -0.05) is 0 Å². The first-order chi connectivity index (χ1) is 5.77. The van der Waals surface area contributed by atoms with E-state index in [-0.39, 0.29) is 5.52 Å². The van der Waals surface area contributed by atoms with E-state index in [1.165, 1.54) is 18.6 Å². The SMILES string of the molecule is Fc1cc(F)c2ncncc2c1. The molecule has 0 radical (unpaired) electrons. The van der Waals surface area contributed by atoms with E-state index < -0.39 is 11.6 Å². The van der Waals surface area contributed by atoms with Crippen LogP contribution >= 0.6 is 0 Å². The molecule has 0 amide bonds. The van der Waals surface area contributed by atoms with Gasteiger partial charge in [0.25, 0.3) is 0 Å². The van der Waals surface area contributed by atoms with Crippen LogP contribution in [0.3, 0.4) is 0 Å². The normalized spacial score (nSPS) is 10.5. The minimum Gasteiger partial charge on any atom is -0.244 e. The second-order valence-electron chi connectivity index (χ2n) is 2.35. The quantitative estimate of drug-likeness (QED) is 0.597. The van der Waals surface area contributed by atoms with Crippen LogP contribution in [-0.4, -0.2) is 9.97 Å². The largest absolute Gasteiger partial charge is 0.244 e. The Bertz CT molecular complexity index is 428. The molecule has 1 aromatic heterocycles. The Kier molecular flexibility index (Phi) is 1.46. The summed E-state index contributed by atoms with van der Waals surface area (Å²) >= 11 is 0. The maximum absolute atomic E-state index is 12.9. The van der Waals surface area contributed by atoms with Gasteiger partial charge in [0.15, 0.2) is 5.82 Å². The van der Waals surface area contributed by atoms with Crippen molar-refractivity contribution in [1.82, 2.24) is 9.97 Å². The van der Waals surface area contributed by atoms with Crippen LogP contribution < -0.4 is 0 Å². The molecule has 1 aromatic carbocycles. The molecule has 0 bridgehead atoms. The second-order valence-corrected chi connectivity index (χ2v) is 2.35. The molecule has 2 aromatic rings. The van der Waals surface area contributed by atoms with Crippen molar-refractivity contribution in [2.24, 2.45) is 0 Å². The summed E-state index contributed by atoms with van der Waals surface area (Å²) in [5, 5.41) is 0.370.